The lowest BCUT2D eigenvalue weighted by Gasteiger charge is -2.28. The Balaban J connectivity index is 2.09. The summed E-state index contributed by atoms with van der Waals surface area (Å²) in [6, 6.07) is -0.352. The molecule has 4 heteroatoms. The molecule has 1 saturated heterocycles. The van der Waals surface area contributed by atoms with Crippen LogP contribution in [-0.4, -0.2) is 28.9 Å². The van der Waals surface area contributed by atoms with Crippen molar-refractivity contribution in [3.05, 3.63) is 0 Å². The largest absolute Gasteiger partial charge is 0.326 e. The van der Waals surface area contributed by atoms with E-state index in [-0.39, 0.29) is 29.9 Å². The summed E-state index contributed by atoms with van der Waals surface area (Å²) in [6.07, 6.45) is 5.45. The number of imide groups is 1. The molecule has 0 radical (unpaired) electrons. The maximum Gasteiger partial charge on any atom is 0.325 e. The lowest BCUT2D eigenvalue weighted by Crippen LogP contribution is -2.42. The van der Waals surface area contributed by atoms with Crippen molar-refractivity contribution >= 4 is 11.9 Å². The van der Waals surface area contributed by atoms with Crippen LogP contribution in [0.1, 0.15) is 46.0 Å². The normalized spacial score (nSPS) is 27.7. The molecule has 2 aliphatic rings. The third-order valence-electron chi connectivity index (χ3n) is 3.61. The molecule has 0 unspecified atom stereocenters. The molecule has 1 aliphatic heterocycles. The fourth-order valence-corrected chi connectivity index (χ4v) is 2.65. The van der Waals surface area contributed by atoms with Crippen LogP contribution in [0.3, 0.4) is 0 Å². The van der Waals surface area contributed by atoms with Crippen LogP contribution in [0.4, 0.5) is 4.79 Å². The second-order valence-electron chi connectivity index (χ2n) is 5.17. The molecule has 2 rings (SSSR count). The van der Waals surface area contributed by atoms with E-state index < -0.39 is 0 Å². The Morgan fingerprint density at radius 1 is 1.19 bits per heavy atom. The third kappa shape index (κ3) is 1.93. The fraction of sp³-hybridized carbons (Fsp3) is 0.833. The molecule has 0 aromatic carbocycles. The Morgan fingerprint density at radius 3 is 2.31 bits per heavy atom. The second kappa shape index (κ2) is 4.44. The van der Waals surface area contributed by atoms with Gasteiger partial charge in [-0.1, -0.05) is 33.1 Å². The average molecular weight is 224 g/mol. The monoisotopic (exact) mass is 224 g/mol. The Hall–Kier alpha value is -1.06. The standard InChI is InChI=1S/C12H20N2O2/c1-8(2)10-11(15)14(12(16)13-10)9-6-4-3-5-7-9/h8-10H,3-7H2,1-2H3,(H,13,16)/t10-/m0/s1. The first-order chi connectivity index (χ1) is 7.61. The summed E-state index contributed by atoms with van der Waals surface area (Å²) in [5.74, 6) is 0.150. The van der Waals surface area contributed by atoms with Crippen molar-refractivity contribution in [1.29, 1.82) is 0 Å². The van der Waals surface area contributed by atoms with Crippen LogP contribution in [0.5, 0.6) is 0 Å². The van der Waals surface area contributed by atoms with Gasteiger partial charge >= 0.3 is 6.03 Å². The lowest BCUT2D eigenvalue weighted by molar-refractivity contribution is -0.130. The molecule has 16 heavy (non-hydrogen) atoms. The first-order valence-corrected chi connectivity index (χ1v) is 6.25. The van der Waals surface area contributed by atoms with Crippen LogP contribution in [0, 0.1) is 5.92 Å². The summed E-state index contributed by atoms with van der Waals surface area (Å²) in [5, 5.41) is 2.79. The zero-order valence-electron chi connectivity index (χ0n) is 10.0. The minimum atomic E-state index is -0.311. The minimum absolute atomic E-state index is 0.0214. The van der Waals surface area contributed by atoms with E-state index in [1.165, 1.54) is 11.3 Å². The van der Waals surface area contributed by atoms with Crippen molar-refractivity contribution in [3.8, 4) is 0 Å². The number of rotatable bonds is 2. The van der Waals surface area contributed by atoms with Crippen molar-refractivity contribution in [1.82, 2.24) is 10.2 Å². The predicted molar refractivity (Wildman–Crippen MR) is 60.9 cm³/mol. The van der Waals surface area contributed by atoms with Crippen molar-refractivity contribution < 1.29 is 9.59 Å². The van der Waals surface area contributed by atoms with E-state index in [0.29, 0.717) is 0 Å². The second-order valence-corrected chi connectivity index (χ2v) is 5.17. The molecule has 0 bridgehead atoms. The van der Waals surface area contributed by atoms with Gasteiger partial charge in [0.25, 0.3) is 5.91 Å². The van der Waals surface area contributed by atoms with Crippen LogP contribution in [-0.2, 0) is 4.79 Å². The number of hydrogen-bond donors (Lipinski definition) is 1. The molecule has 1 aliphatic carbocycles. The van der Waals surface area contributed by atoms with Gasteiger partial charge in [0.1, 0.15) is 6.04 Å². The van der Waals surface area contributed by atoms with E-state index in [0.717, 1.165) is 25.7 Å². The van der Waals surface area contributed by atoms with Gasteiger partial charge in [-0.05, 0) is 18.8 Å². The van der Waals surface area contributed by atoms with Gasteiger partial charge in [-0.25, -0.2) is 4.79 Å². The zero-order chi connectivity index (χ0) is 11.7. The molecular formula is C12H20N2O2. The van der Waals surface area contributed by atoms with E-state index in [2.05, 4.69) is 5.32 Å². The van der Waals surface area contributed by atoms with Crippen molar-refractivity contribution in [2.45, 2.75) is 58.0 Å². The first-order valence-electron chi connectivity index (χ1n) is 6.25. The highest BCUT2D eigenvalue weighted by Crippen LogP contribution is 2.26. The van der Waals surface area contributed by atoms with Gasteiger partial charge in [-0.15, -0.1) is 0 Å². The van der Waals surface area contributed by atoms with Gasteiger partial charge in [0.2, 0.25) is 0 Å². The average Bonchev–Trinajstić information content (AvgIpc) is 2.56. The fourth-order valence-electron chi connectivity index (χ4n) is 2.65. The number of nitrogens with one attached hydrogen (secondary N) is 1. The van der Waals surface area contributed by atoms with E-state index in [1.807, 2.05) is 13.8 Å². The van der Waals surface area contributed by atoms with Crippen LogP contribution in [0.25, 0.3) is 0 Å². The zero-order valence-corrected chi connectivity index (χ0v) is 10.0. The van der Waals surface area contributed by atoms with E-state index in [4.69, 9.17) is 0 Å². The van der Waals surface area contributed by atoms with Gasteiger partial charge < -0.3 is 5.32 Å². The number of amides is 3. The van der Waals surface area contributed by atoms with E-state index >= 15 is 0 Å². The minimum Gasteiger partial charge on any atom is -0.326 e. The molecular weight excluding hydrogens is 204 g/mol. The molecule has 0 aromatic rings. The SMILES string of the molecule is CC(C)[C@@H]1NC(=O)N(C2CCCCC2)C1=O. The molecule has 1 saturated carbocycles. The molecule has 1 heterocycles. The molecule has 0 aromatic heterocycles. The van der Waals surface area contributed by atoms with Crippen molar-refractivity contribution in [2.24, 2.45) is 5.92 Å². The molecule has 0 spiro atoms. The summed E-state index contributed by atoms with van der Waals surface area (Å²) in [5.41, 5.74) is 0. The van der Waals surface area contributed by atoms with E-state index in [9.17, 15) is 9.59 Å². The molecule has 1 N–H and O–H groups in total. The van der Waals surface area contributed by atoms with Gasteiger partial charge in [0, 0.05) is 6.04 Å². The number of carbonyl (C=O) groups is 2. The summed E-state index contributed by atoms with van der Waals surface area (Å²) in [4.78, 5) is 25.4. The maximum absolute atomic E-state index is 12.1. The smallest absolute Gasteiger partial charge is 0.325 e. The van der Waals surface area contributed by atoms with Gasteiger partial charge in [-0.3, -0.25) is 9.69 Å². The predicted octanol–water partition coefficient (Wildman–Crippen LogP) is 1.90. The Bertz CT molecular complexity index is 295. The molecule has 4 nitrogen and oxygen atoms in total. The molecule has 3 amide bonds. The van der Waals surface area contributed by atoms with Gasteiger partial charge in [0.15, 0.2) is 0 Å². The molecule has 1 atom stereocenters. The van der Waals surface area contributed by atoms with Crippen LogP contribution < -0.4 is 5.32 Å². The highest BCUT2D eigenvalue weighted by Gasteiger charge is 2.43. The van der Waals surface area contributed by atoms with Crippen LogP contribution in [0.2, 0.25) is 0 Å². The van der Waals surface area contributed by atoms with Crippen molar-refractivity contribution in [2.75, 3.05) is 0 Å². The van der Waals surface area contributed by atoms with E-state index in [1.54, 1.807) is 0 Å². The maximum atomic E-state index is 12.1. The number of hydrogen-bond acceptors (Lipinski definition) is 2. The Labute approximate surface area is 96.4 Å². The summed E-state index contributed by atoms with van der Waals surface area (Å²) in [6.45, 7) is 3.93. The molecule has 2 fully saturated rings. The number of nitrogens with zero attached hydrogens (tertiary/aromatic N) is 1. The Morgan fingerprint density at radius 2 is 1.81 bits per heavy atom. The van der Waals surface area contributed by atoms with Gasteiger partial charge in [-0.2, -0.15) is 0 Å². The lowest BCUT2D eigenvalue weighted by atomic mass is 9.94. The highest BCUT2D eigenvalue weighted by atomic mass is 16.2. The summed E-state index contributed by atoms with van der Waals surface area (Å²) >= 11 is 0. The summed E-state index contributed by atoms with van der Waals surface area (Å²) in [7, 11) is 0. The Kier molecular flexibility index (Phi) is 3.17. The number of urea groups is 1. The van der Waals surface area contributed by atoms with Crippen LogP contribution >= 0.6 is 0 Å². The topological polar surface area (TPSA) is 49.4 Å². The van der Waals surface area contributed by atoms with Gasteiger partial charge in [0.05, 0.1) is 0 Å². The quantitative estimate of drug-likeness (QED) is 0.728. The highest BCUT2D eigenvalue weighted by molar-refractivity contribution is 6.04. The number of carbonyl (C=O) groups excluding carboxylic acids is 2. The first kappa shape index (κ1) is 11.4. The molecule has 90 valence electrons. The third-order valence-corrected chi connectivity index (χ3v) is 3.61. The summed E-state index contributed by atoms with van der Waals surface area (Å²) < 4.78 is 0. The van der Waals surface area contributed by atoms with Crippen LogP contribution in [0.15, 0.2) is 0 Å². The van der Waals surface area contributed by atoms with Crippen molar-refractivity contribution in [3.63, 3.8) is 0 Å².